The molecule has 2 heteroatoms. The minimum Gasteiger partial charge on any atom is -0.328 e. The molecule has 17 heavy (non-hydrogen) atoms. The fraction of sp³-hybridized carbons (Fsp3) is 1.00. The first-order chi connectivity index (χ1) is 8.33. The highest BCUT2D eigenvalue weighted by Crippen LogP contribution is 2.65. The second kappa shape index (κ2) is 3.96. The number of nitrogens with one attached hydrogen (secondary N) is 1. The van der Waals surface area contributed by atoms with Crippen molar-refractivity contribution in [2.24, 2.45) is 35.3 Å². The minimum absolute atomic E-state index is 0.491. The van der Waals surface area contributed by atoms with E-state index in [4.69, 9.17) is 5.73 Å². The Morgan fingerprint density at radius 1 is 0.941 bits per heavy atom. The first kappa shape index (κ1) is 10.8. The molecule has 2 bridgehead atoms. The lowest BCUT2D eigenvalue weighted by Gasteiger charge is -2.27. The van der Waals surface area contributed by atoms with Crippen molar-refractivity contribution in [1.29, 1.82) is 0 Å². The second-order valence-electron chi connectivity index (χ2n) is 7.21. The molecule has 0 aromatic carbocycles. The zero-order valence-corrected chi connectivity index (χ0v) is 10.8. The van der Waals surface area contributed by atoms with Gasteiger partial charge in [-0.2, -0.15) is 0 Å². The molecule has 96 valence electrons. The van der Waals surface area contributed by atoms with Gasteiger partial charge in [-0.15, -0.1) is 0 Å². The summed E-state index contributed by atoms with van der Waals surface area (Å²) in [7, 11) is 0. The molecule has 4 aliphatic rings. The number of hydrogen-bond acceptors (Lipinski definition) is 2. The molecule has 4 aliphatic carbocycles. The molecule has 4 fully saturated rings. The van der Waals surface area contributed by atoms with Crippen LogP contribution in [0.1, 0.15) is 44.9 Å². The van der Waals surface area contributed by atoms with Gasteiger partial charge in [0.25, 0.3) is 0 Å². The summed E-state index contributed by atoms with van der Waals surface area (Å²) < 4.78 is 0. The van der Waals surface area contributed by atoms with Crippen molar-refractivity contribution in [2.45, 2.75) is 57.0 Å². The van der Waals surface area contributed by atoms with Crippen LogP contribution in [0.15, 0.2) is 0 Å². The monoisotopic (exact) mass is 234 g/mol. The molecule has 6 unspecified atom stereocenters. The predicted octanol–water partition coefficient (Wildman–Crippen LogP) is 2.14. The van der Waals surface area contributed by atoms with E-state index < -0.39 is 0 Å². The van der Waals surface area contributed by atoms with Crippen LogP contribution in [0.25, 0.3) is 0 Å². The molecule has 4 saturated carbocycles. The molecule has 0 saturated heterocycles. The molecule has 0 spiro atoms. The predicted molar refractivity (Wildman–Crippen MR) is 69.5 cm³/mol. The molecule has 3 N–H and O–H groups in total. The topological polar surface area (TPSA) is 38.0 Å². The fourth-order valence-corrected chi connectivity index (χ4v) is 5.42. The lowest BCUT2D eigenvalue weighted by Crippen LogP contribution is -2.35. The molecule has 0 heterocycles. The molecule has 0 aromatic rings. The quantitative estimate of drug-likeness (QED) is 0.785. The average Bonchev–Trinajstić information content (AvgIpc) is 2.72. The summed E-state index contributed by atoms with van der Waals surface area (Å²) in [6.45, 7) is 1.25. The van der Waals surface area contributed by atoms with Crippen LogP contribution in [0, 0.1) is 29.6 Å². The Hall–Kier alpha value is -0.0800. The van der Waals surface area contributed by atoms with E-state index in [1.807, 2.05) is 0 Å². The lowest BCUT2D eigenvalue weighted by atomic mass is 9.86. The van der Waals surface area contributed by atoms with Gasteiger partial charge in [-0.25, -0.2) is 0 Å². The molecular formula is C15H26N2. The lowest BCUT2D eigenvalue weighted by molar-refractivity contribution is 0.302. The van der Waals surface area contributed by atoms with Gasteiger partial charge in [-0.1, -0.05) is 6.42 Å². The van der Waals surface area contributed by atoms with Gasteiger partial charge >= 0.3 is 0 Å². The van der Waals surface area contributed by atoms with Crippen LogP contribution in [-0.4, -0.2) is 18.6 Å². The number of nitrogens with two attached hydrogens (primary N) is 1. The van der Waals surface area contributed by atoms with Crippen molar-refractivity contribution in [3.05, 3.63) is 0 Å². The summed E-state index contributed by atoms with van der Waals surface area (Å²) in [6.07, 6.45) is 9.95. The summed E-state index contributed by atoms with van der Waals surface area (Å²) >= 11 is 0. The maximum atomic E-state index is 6.07. The Kier molecular flexibility index (Phi) is 2.52. The van der Waals surface area contributed by atoms with Crippen molar-refractivity contribution >= 4 is 0 Å². The molecule has 0 aromatic heterocycles. The third-order valence-electron chi connectivity index (χ3n) is 6.20. The summed E-state index contributed by atoms with van der Waals surface area (Å²) in [6, 6.07) is 1.41. The summed E-state index contributed by atoms with van der Waals surface area (Å²) in [5.41, 5.74) is 6.07. The van der Waals surface area contributed by atoms with E-state index in [-0.39, 0.29) is 0 Å². The SMILES string of the molecule is NC1CCCC(CNC2C3C4CCC(C4)C23)C1. The summed E-state index contributed by atoms with van der Waals surface area (Å²) in [5.74, 6) is 5.27. The zero-order chi connectivity index (χ0) is 11.4. The van der Waals surface area contributed by atoms with E-state index in [2.05, 4.69) is 5.32 Å². The summed E-state index contributed by atoms with van der Waals surface area (Å²) in [5, 5.41) is 3.89. The van der Waals surface area contributed by atoms with Gasteiger partial charge in [-0.3, -0.25) is 0 Å². The first-order valence-corrected chi connectivity index (χ1v) is 7.82. The Morgan fingerprint density at radius 2 is 1.71 bits per heavy atom. The highest BCUT2D eigenvalue weighted by atomic mass is 15.0. The van der Waals surface area contributed by atoms with E-state index in [1.165, 1.54) is 45.1 Å². The van der Waals surface area contributed by atoms with E-state index in [0.29, 0.717) is 6.04 Å². The number of rotatable bonds is 3. The molecule has 2 nitrogen and oxygen atoms in total. The van der Waals surface area contributed by atoms with E-state index in [0.717, 1.165) is 35.6 Å². The zero-order valence-electron chi connectivity index (χ0n) is 10.8. The van der Waals surface area contributed by atoms with Crippen molar-refractivity contribution in [3.8, 4) is 0 Å². The molecule has 0 radical (unpaired) electrons. The number of fused-ring (bicyclic) bond motifs is 5. The van der Waals surface area contributed by atoms with Crippen LogP contribution >= 0.6 is 0 Å². The summed E-state index contributed by atoms with van der Waals surface area (Å²) in [4.78, 5) is 0. The van der Waals surface area contributed by atoms with Gasteiger partial charge in [0.1, 0.15) is 0 Å². The molecular weight excluding hydrogens is 208 g/mol. The normalized spacial score (nSPS) is 55.9. The average molecular weight is 234 g/mol. The Bertz CT molecular complexity index is 287. The fourth-order valence-electron chi connectivity index (χ4n) is 5.42. The van der Waals surface area contributed by atoms with E-state index in [9.17, 15) is 0 Å². The maximum absolute atomic E-state index is 6.07. The van der Waals surface area contributed by atoms with Gasteiger partial charge in [0.2, 0.25) is 0 Å². The van der Waals surface area contributed by atoms with E-state index >= 15 is 0 Å². The van der Waals surface area contributed by atoms with Gasteiger partial charge in [0, 0.05) is 12.1 Å². The van der Waals surface area contributed by atoms with Crippen molar-refractivity contribution in [2.75, 3.05) is 6.54 Å². The van der Waals surface area contributed by atoms with Crippen LogP contribution in [0.4, 0.5) is 0 Å². The number of hydrogen-bond donors (Lipinski definition) is 2. The highest BCUT2D eigenvalue weighted by molar-refractivity contribution is 5.16. The largest absolute Gasteiger partial charge is 0.328 e. The molecule has 0 aliphatic heterocycles. The van der Waals surface area contributed by atoms with E-state index in [1.54, 1.807) is 6.42 Å². The van der Waals surface area contributed by atoms with Gasteiger partial charge < -0.3 is 11.1 Å². The highest BCUT2D eigenvalue weighted by Gasteiger charge is 2.64. The third-order valence-corrected chi connectivity index (χ3v) is 6.20. The molecule has 4 rings (SSSR count). The Morgan fingerprint density at radius 3 is 2.41 bits per heavy atom. The van der Waals surface area contributed by atoms with Crippen molar-refractivity contribution < 1.29 is 0 Å². The molecule has 6 atom stereocenters. The first-order valence-electron chi connectivity index (χ1n) is 7.82. The second-order valence-corrected chi connectivity index (χ2v) is 7.21. The van der Waals surface area contributed by atoms with Crippen LogP contribution in [0.3, 0.4) is 0 Å². The van der Waals surface area contributed by atoms with Crippen LogP contribution in [0.2, 0.25) is 0 Å². The smallest absolute Gasteiger partial charge is 0.0136 e. The van der Waals surface area contributed by atoms with Crippen molar-refractivity contribution in [1.82, 2.24) is 5.32 Å². The standard InChI is InChI=1S/C15H26N2/c16-12-3-1-2-9(6-12)8-17-15-13-10-4-5-11(7-10)14(13)15/h9-15,17H,1-8,16H2. The maximum Gasteiger partial charge on any atom is 0.0136 e. The third kappa shape index (κ3) is 1.76. The van der Waals surface area contributed by atoms with Crippen molar-refractivity contribution in [3.63, 3.8) is 0 Å². The van der Waals surface area contributed by atoms with Crippen LogP contribution in [0.5, 0.6) is 0 Å². The Labute approximate surface area is 105 Å². The Balaban J connectivity index is 1.27. The van der Waals surface area contributed by atoms with Crippen LogP contribution < -0.4 is 11.1 Å². The minimum atomic E-state index is 0.491. The van der Waals surface area contributed by atoms with Gasteiger partial charge in [0.15, 0.2) is 0 Å². The van der Waals surface area contributed by atoms with Gasteiger partial charge in [-0.05, 0) is 74.7 Å². The van der Waals surface area contributed by atoms with Gasteiger partial charge in [0.05, 0.1) is 0 Å². The molecule has 0 amide bonds. The van der Waals surface area contributed by atoms with Crippen LogP contribution in [-0.2, 0) is 0 Å².